The molecule has 2 heterocycles. The molecular formula is C71H52N4Si. The van der Waals surface area contributed by atoms with E-state index in [2.05, 4.69) is 261 Å². The van der Waals surface area contributed by atoms with Crippen LogP contribution in [0.3, 0.4) is 0 Å². The van der Waals surface area contributed by atoms with Gasteiger partial charge in [-0.05, 0) is 104 Å². The number of aromatic nitrogens is 4. The second kappa shape index (κ2) is 19.7. The van der Waals surface area contributed by atoms with Gasteiger partial charge in [-0.1, -0.05) is 249 Å². The second-order valence-corrected chi connectivity index (χ2v) is 23.4. The highest BCUT2D eigenvalue weighted by Crippen LogP contribution is 2.42. The van der Waals surface area contributed by atoms with Gasteiger partial charge >= 0.3 is 0 Å². The van der Waals surface area contributed by atoms with E-state index in [1.807, 2.05) is 36.4 Å². The van der Waals surface area contributed by atoms with E-state index in [1.54, 1.807) is 0 Å². The summed E-state index contributed by atoms with van der Waals surface area (Å²) in [5.74, 6) is 1.84. The number of benzene rings is 11. The molecule has 0 fully saturated rings. The number of nitrogens with zero attached hydrogens (tertiary/aromatic N) is 4. The average Bonchev–Trinajstić information content (AvgIpc) is 3.94. The van der Waals surface area contributed by atoms with Crippen molar-refractivity contribution in [1.29, 1.82) is 0 Å². The van der Waals surface area contributed by atoms with Gasteiger partial charge in [-0.3, -0.25) is 0 Å². The Morgan fingerprint density at radius 1 is 0.276 bits per heavy atom. The fraction of sp³-hybridized carbons (Fsp3) is 0.0282. The van der Waals surface area contributed by atoms with E-state index in [0.717, 1.165) is 44.5 Å². The summed E-state index contributed by atoms with van der Waals surface area (Å²) in [4.78, 5) is 15.6. The zero-order valence-electron chi connectivity index (χ0n) is 42.3. The van der Waals surface area contributed by atoms with Crippen LogP contribution in [0.2, 0.25) is 0 Å². The first kappa shape index (κ1) is 46.2. The first-order valence-corrected chi connectivity index (χ1v) is 28.0. The number of hydrogen-bond acceptors (Lipinski definition) is 3. The van der Waals surface area contributed by atoms with Gasteiger partial charge in [-0.2, -0.15) is 0 Å². The molecular weight excluding hydrogens is 937 g/mol. The summed E-state index contributed by atoms with van der Waals surface area (Å²) in [6.07, 6.45) is 0. The fourth-order valence-corrected chi connectivity index (χ4v) is 16.2. The van der Waals surface area contributed by atoms with Gasteiger partial charge in [-0.15, -0.1) is 0 Å². The molecule has 76 heavy (non-hydrogen) atoms. The SMILES string of the molecule is Cc1ccccc1-c1ccc2c(c1)c1cc(-c3ccccc3C)ccc1n2-c1cc(-c2nc(-c3ccccc3)nc(-c3ccccc3)n2)ccc1-c1cccc([Si](c2ccccc2)(c2ccccc2)c2ccccc2)c1. The Morgan fingerprint density at radius 2 is 0.645 bits per heavy atom. The maximum absolute atomic E-state index is 5.28. The van der Waals surface area contributed by atoms with Crippen LogP contribution in [-0.2, 0) is 0 Å². The van der Waals surface area contributed by atoms with Gasteiger partial charge in [0, 0.05) is 33.0 Å². The van der Waals surface area contributed by atoms with E-state index >= 15 is 0 Å². The lowest BCUT2D eigenvalue weighted by atomic mass is 9.97. The summed E-state index contributed by atoms with van der Waals surface area (Å²) in [6, 6.07) is 101. The lowest BCUT2D eigenvalue weighted by molar-refractivity contribution is 1.07. The van der Waals surface area contributed by atoms with Gasteiger partial charge in [-0.25, -0.2) is 15.0 Å². The van der Waals surface area contributed by atoms with Crippen molar-refractivity contribution in [2.75, 3.05) is 0 Å². The predicted octanol–water partition coefficient (Wildman–Crippen LogP) is 15.0. The van der Waals surface area contributed by atoms with Crippen molar-refractivity contribution in [1.82, 2.24) is 19.5 Å². The van der Waals surface area contributed by atoms with Gasteiger partial charge in [0.25, 0.3) is 0 Å². The maximum Gasteiger partial charge on any atom is 0.179 e. The molecule has 0 radical (unpaired) electrons. The number of hydrogen-bond donors (Lipinski definition) is 0. The van der Waals surface area contributed by atoms with Gasteiger partial charge < -0.3 is 4.57 Å². The Bertz CT molecular complexity index is 3970. The van der Waals surface area contributed by atoms with Crippen LogP contribution in [0.1, 0.15) is 11.1 Å². The lowest BCUT2D eigenvalue weighted by Gasteiger charge is -2.34. The minimum absolute atomic E-state index is 0.599. The van der Waals surface area contributed by atoms with Crippen molar-refractivity contribution in [2.45, 2.75) is 13.8 Å². The van der Waals surface area contributed by atoms with E-state index in [4.69, 9.17) is 15.0 Å². The molecule has 5 heteroatoms. The minimum Gasteiger partial charge on any atom is -0.309 e. The first-order valence-electron chi connectivity index (χ1n) is 26.0. The zero-order chi connectivity index (χ0) is 51.0. The van der Waals surface area contributed by atoms with Crippen LogP contribution in [0.15, 0.2) is 279 Å². The van der Waals surface area contributed by atoms with E-state index in [0.29, 0.717) is 17.5 Å². The molecule has 0 amide bonds. The molecule has 0 unspecified atom stereocenters. The highest BCUT2D eigenvalue weighted by Gasteiger charge is 2.41. The maximum atomic E-state index is 5.28. The number of fused-ring (bicyclic) bond motifs is 3. The summed E-state index contributed by atoms with van der Waals surface area (Å²) < 4.78 is 2.48. The molecule has 0 aliphatic carbocycles. The normalized spacial score (nSPS) is 11.6. The largest absolute Gasteiger partial charge is 0.309 e. The van der Waals surface area contributed by atoms with Gasteiger partial charge in [0.2, 0.25) is 0 Å². The molecule has 4 nitrogen and oxygen atoms in total. The van der Waals surface area contributed by atoms with E-state index < -0.39 is 8.07 Å². The van der Waals surface area contributed by atoms with Gasteiger partial charge in [0.15, 0.2) is 25.5 Å². The molecule has 13 aromatic rings. The Balaban J connectivity index is 1.11. The predicted molar refractivity (Wildman–Crippen MR) is 320 cm³/mol. The van der Waals surface area contributed by atoms with Crippen molar-refractivity contribution in [3.05, 3.63) is 290 Å². The van der Waals surface area contributed by atoms with Crippen LogP contribution in [0.5, 0.6) is 0 Å². The number of aryl methyl sites for hydroxylation is 2. The van der Waals surface area contributed by atoms with Crippen LogP contribution in [0, 0.1) is 13.8 Å². The Hall–Kier alpha value is -9.55. The quantitative estimate of drug-likeness (QED) is 0.0958. The molecule has 0 atom stereocenters. The van der Waals surface area contributed by atoms with Crippen molar-refractivity contribution < 1.29 is 0 Å². The van der Waals surface area contributed by atoms with Crippen molar-refractivity contribution in [3.8, 4) is 73.2 Å². The highest BCUT2D eigenvalue weighted by atomic mass is 28.3. The zero-order valence-corrected chi connectivity index (χ0v) is 43.3. The van der Waals surface area contributed by atoms with Crippen molar-refractivity contribution in [3.63, 3.8) is 0 Å². The summed E-state index contributed by atoms with van der Waals surface area (Å²) in [6.45, 7) is 4.40. The topological polar surface area (TPSA) is 43.6 Å². The highest BCUT2D eigenvalue weighted by molar-refractivity contribution is 7.19. The molecule has 0 aliphatic rings. The summed E-state index contributed by atoms with van der Waals surface area (Å²) in [5, 5.41) is 7.64. The molecule has 0 saturated heterocycles. The molecule has 360 valence electrons. The molecule has 0 aliphatic heterocycles. The third kappa shape index (κ3) is 8.24. The third-order valence-electron chi connectivity index (χ3n) is 15.1. The Labute approximate surface area is 445 Å². The molecule has 0 saturated carbocycles. The smallest absolute Gasteiger partial charge is 0.179 e. The minimum atomic E-state index is -2.90. The molecule has 0 bridgehead atoms. The summed E-state index contributed by atoms with van der Waals surface area (Å²) >= 11 is 0. The molecule has 2 aromatic heterocycles. The van der Waals surface area contributed by atoms with E-state index in [1.165, 1.54) is 64.9 Å². The Kier molecular flexibility index (Phi) is 12.0. The van der Waals surface area contributed by atoms with Gasteiger partial charge in [0.1, 0.15) is 0 Å². The lowest BCUT2D eigenvalue weighted by Crippen LogP contribution is -2.74. The average molecular weight is 989 g/mol. The van der Waals surface area contributed by atoms with E-state index in [9.17, 15) is 0 Å². The summed E-state index contributed by atoms with van der Waals surface area (Å²) in [7, 11) is -2.90. The van der Waals surface area contributed by atoms with Crippen molar-refractivity contribution >= 4 is 50.6 Å². The molecule has 13 rings (SSSR count). The molecule has 0 N–H and O–H groups in total. The summed E-state index contributed by atoms with van der Waals surface area (Å²) in [5.41, 5.74) is 15.5. The molecule has 0 spiro atoms. The van der Waals surface area contributed by atoms with E-state index in [-0.39, 0.29) is 0 Å². The van der Waals surface area contributed by atoms with Gasteiger partial charge in [0.05, 0.1) is 16.7 Å². The van der Waals surface area contributed by atoms with Crippen LogP contribution in [0.25, 0.3) is 95.0 Å². The number of rotatable bonds is 11. The fourth-order valence-electron chi connectivity index (χ4n) is 11.4. The van der Waals surface area contributed by atoms with Crippen molar-refractivity contribution in [2.24, 2.45) is 0 Å². The molecule has 11 aromatic carbocycles. The monoisotopic (exact) mass is 988 g/mol. The van der Waals surface area contributed by atoms with Crippen LogP contribution in [-0.4, -0.2) is 27.6 Å². The Morgan fingerprint density at radius 3 is 1.11 bits per heavy atom. The van der Waals surface area contributed by atoms with Crippen LogP contribution < -0.4 is 20.7 Å². The van der Waals surface area contributed by atoms with Crippen LogP contribution >= 0.6 is 0 Å². The standard InChI is InChI=1S/C71H52N4Si/c1-49-23-18-20-37-61(49)54-40-43-66-64(46-54)65-47-55(62-38-21-19-24-50(62)2)41-44-67(65)75(66)68-48-56(71-73-69(51-25-8-3-9-26-51)72-70(74-71)52-27-10-4-11-28-52)39-42-63(68)53-29-22-36-60(45-53)76(57-30-12-5-13-31-57,58-32-14-6-15-33-58)59-34-16-7-17-35-59/h3-48H,1-2H3. The second-order valence-electron chi connectivity index (χ2n) is 19.6. The first-order chi connectivity index (χ1) is 37.5. The third-order valence-corrected chi connectivity index (χ3v) is 19.9. The van der Waals surface area contributed by atoms with Crippen LogP contribution in [0.4, 0.5) is 0 Å².